The van der Waals surface area contributed by atoms with Crippen molar-refractivity contribution in [1.29, 1.82) is 0 Å². The molecule has 1 rings (SSSR count). The average Bonchev–Trinajstić information content (AvgIpc) is 2.31. The monoisotopic (exact) mass is 322 g/mol. The second-order valence-corrected chi connectivity index (χ2v) is 6.00. The second kappa shape index (κ2) is 5.31. The maximum Gasteiger partial charge on any atom is 0.0738 e. The Labute approximate surface area is 102 Å². The van der Waals surface area contributed by atoms with Crippen molar-refractivity contribution in [1.82, 2.24) is 9.78 Å². The molecule has 1 aromatic heterocycles. The molecule has 4 heteroatoms. The minimum Gasteiger partial charge on any atom is -0.271 e. The normalized spacial score (nSPS) is 13.2. The summed E-state index contributed by atoms with van der Waals surface area (Å²) in [6.07, 6.45) is 3.49. The van der Waals surface area contributed by atoms with Crippen LogP contribution in [0.2, 0.25) is 0 Å². The minimum absolute atomic E-state index is 0.607. The Morgan fingerprint density at radius 3 is 2.57 bits per heavy atom. The molecular weight excluding hydrogens is 308 g/mol. The molecule has 0 aromatic carbocycles. The molecule has 0 radical (unpaired) electrons. The zero-order valence-electron chi connectivity index (χ0n) is 8.85. The highest BCUT2D eigenvalue weighted by atomic mass is 79.9. The van der Waals surface area contributed by atoms with E-state index in [4.69, 9.17) is 0 Å². The number of alkyl halides is 1. The van der Waals surface area contributed by atoms with E-state index < -0.39 is 0 Å². The van der Waals surface area contributed by atoms with E-state index in [1.165, 1.54) is 23.0 Å². The molecule has 0 aliphatic carbocycles. The van der Waals surface area contributed by atoms with Crippen LogP contribution in [-0.2, 0) is 13.5 Å². The summed E-state index contributed by atoms with van der Waals surface area (Å²) in [5, 5.41) is 4.37. The molecule has 0 aliphatic rings. The smallest absolute Gasteiger partial charge is 0.0738 e. The first-order chi connectivity index (χ1) is 6.52. The topological polar surface area (TPSA) is 17.8 Å². The third kappa shape index (κ3) is 3.09. The van der Waals surface area contributed by atoms with E-state index in [0.717, 1.165) is 12.1 Å². The fourth-order valence-corrected chi connectivity index (χ4v) is 2.36. The highest BCUT2D eigenvalue weighted by Crippen LogP contribution is 2.22. The van der Waals surface area contributed by atoms with E-state index in [0.29, 0.717) is 4.83 Å². The Morgan fingerprint density at radius 2 is 2.14 bits per heavy atom. The SMILES string of the molecule is Cc1nn(C)c(CCCC(C)Br)c1Br. The van der Waals surface area contributed by atoms with Crippen molar-refractivity contribution in [3.63, 3.8) is 0 Å². The standard InChI is InChI=1S/C10H16Br2N2/c1-7(11)5-4-6-9-10(12)8(2)13-14(9)3/h7H,4-6H2,1-3H3. The van der Waals surface area contributed by atoms with Gasteiger partial charge in [-0.2, -0.15) is 5.10 Å². The van der Waals surface area contributed by atoms with E-state index in [1.807, 2.05) is 18.7 Å². The van der Waals surface area contributed by atoms with Gasteiger partial charge in [0.25, 0.3) is 0 Å². The van der Waals surface area contributed by atoms with Crippen LogP contribution >= 0.6 is 31.9 Å². The van der Waals surface area contributed by atoms with Crippen molar-refractivity contribution in [3.8, 4) is 0 Å². The van der Waals surface area contributed by atoms with E-state index in [1.54, 1.807) is 0 Å². The number of hydrogen-bond acceptors (Lipinski definition) is 1. The summed E-state index contributed by atoms with van der Waals surface area (Å²) in [7, 11) is 2.00. The lowest BCUT2D eigenvalue weighted by atomic mass is 10.1. The summed E-state index contributed by atoms with van der Waals surface area (Å²) in [6, 6.07) is 0. The van der Waals surface area contributed by atoms with Crippen molar-refractivity contribution < 1.29 is 0 Å². The van der Waals surface area contributed by atoms with Gasteiger partial charge in [-0.05, 0) is 42.1 Å². The lowest BCUT2D eigenvalue weighted by molar-refractivity contribution is 0.657. The van der Waals surface area contributed by atoms with Crippen LogP contribution in [-0.4, -0.2) is 14.6 Å². The molecule has 1 atom stereocenters. The predicted octanol–water partition coefficient (Wildman–Crippen LogP) is 3.60. The summed E-state index contributed by atoms with van der Waals surface area (Å²) in [4.78, 5) is 0.607. The average molecular weight is 324 g/mol. The zero-order valence-corrected chi connectivity index (χ0v) is 12.0. The van der Waals surface area contributed by atoms with Crippen LogP contribution in [0.1, 0.15) is 31.2 Å². The fourth-order valence-electron chi connectivity index (χ4n) is 1.50. The van der Waals surface area contributed by atoms with Gasteiger partial charge in [0.15, 0.2) is 0 Å². The van der Waals surface area contributed by atoms with Crippen LogP contribution in [0, 0.1) is 6.92 Å². The maximum atomic E-state index is 4.37. The van der Waals surface area contributed by atoms with Crippen LogP contribution in [0.25, 0.3) is 0 Å². The Kier molecular flexibility index (Phi) is 4.64. The molecule has 0 N–H and O–H groups in total. The van der Waals surface area contributed by atoms with Gasteiger partial charge < -0.3 is 0 Å². The summed E-state index contributed by atoms with van der Waals surface area (Å²) >= 11 is 7.13. The summed E-state index contributed by atoms with van der Waals surface area (Å²) in [5.41, 5.74) is 2.38. The second-order valence-electron chi connectivity index (χ2n) is 3.64. The van der Waals surface area contributed by atoms with Crippen molar-refractivity contribution >= 4 is 31.9 Å². The molecule has 0 fully saturated rings. The zero-order chi connectivity index (χ0) is 10.7. The van der Waals surface area contributed by atoms with Crippen LogP contribution in [0.3, 0.4) is 0 Å². The van der Waals surface area contributed by atoms with E-state index in [-0.39, 0.29) is 0 Å². The molecule has 0 bridgehead atoms. The first kappa shape index (κ1) is 12.2. The lowest BCUT2D eigenvalue weighted by Gasteiger charge is -2.04. The highest BCUT2D eigenvalue weighted by Gasteiger charge is 2.10. The van der Waals surface area contributed by atoms with Crippen molar-refractivity contribution in [2.45, 2.75) is 37.9 Å². The molecule has 1 heterocycles. The Balaban J connectivity index is 2.58. The van der Waals surface area contributed by atoms with Gasteiger partial charge in [0.2, 0.25) is 0 Å². The van der Waals surface area contributed by atoms with Gasteiger partial charge >= 0.3 is 0 Å². The molecule has 0 aliphatic heterocycles. The molecule has 1 unspecified atom stereocenters. The quantitative estimate of drug-likeness (QED) is 0.774. The lowest BCUT2D eigenvalue weighted by Crippen LogP contribution is -2.00. The van der Waals surface area contributed by atoms with Crippen LogP contribution in [0.15, 0.2) is 4.47 Å². The first-order valence-electron chi connectivity index (χ1n) is 4.84. The van der Waals surface area contributed by atoms with Gasteiger partial charge in [-0.25, -0.2) is 0 Å². The number of aryl methyl sites for hydroxylation is 2. The fraction of sp³-hybridized carbons (Fsp3) is 0.700. The van der Waals surface area contributed by atoms with Gasteiger partial charge in [-0.3, -0.25) is 4.68 Å². The number of halogens is 2. The molecule has 0 amide bonds. The summed E-state index contributed by atoms with van der Waals surface area (Å²) < 4.78 is 3.14. The van der Waals surface area contributed by atoms with E-state index in [2.05, 4.69) is 43.9 Å². The van der Waals surface area contributed by atoms with Gasteiger partial charge in [0.05, 0.1) is 15.9 Å². The Hall–Kier alpha value is 0.170. The molecule has 0 spiro atoms. The number of hydrogen-bond donors (Lipinski definition) is 0. The number of rotatable bonds is 4. The first-order valence-corrected chi connectivity index (χ1v) is 6.55. The van der Waals surface area contributed by atoms with E-state index in [9.17, 15) is 0 Å². The summed E-state index contributed by atoms with van der Waals surface area (Å²) in [5.74, 6) is 0. The van der Waals surface area contributed by atoms with Crippen LogP contribution < -0.4 is 0 Å². The third-order valence-corrected chi connectivity index (χ3v) is 3.77. The molecule has 2 nitrogen and oxygen atoms in total. The maximum absolute atomic E-state index is 4.37. The molecule has 1 aromatic rings. The highest BCUT2D eigenvalue weighted by molar-refractivity contribution is 9.10. The molecule has 0 saturated carbocycles. The van der Waals surface area contributed by atoms with E-state index >= 15 is 0 Å². The number of nitrogens with zero attached hydrogens (tertiary/aromatic N) is 2. The van der Waals surface area contributed by atoms with Gasteiger partial charge in [0, 0.05) is 11.9 Å². The Morgan fingerprint density at radius 1 is 1.50 bits per heavy atom. The van der Waals surface area contributed by atoms with Crippen molar-refractivity contribution in [3.05, 3.63) is 15.9 Å². The molecular formula is C10H16Br2N2. The van der Waals surface area contributed by atoms with Crippen LogP contribution in [0.4, 0.5) is 0 Å². The van der Waals surface area contributed by atoms with Crippen molar-refractivity contribution in [2.75, 3.05) is 0 Å². The van der Waals surface area contributed by atoms with Crippen LogP contribution in [0.5, 0.6) is 0 Å². The molecule has 14 heavy (non-hydrogen) atoms. The molecule has 80 valence electrons. The van der Waals surface area contributed by atoms with Crippen molar-refractivity contribution in [2.24, 2.45) is 7.05 Å². The van der Waals surface area contributed by atoms with Gasteiger partial charge in [-0.1, -0.05) is 22.9 Å². The largest absolute Gasteiger partial charge is 0.271 e. The van der Waals surface area contributed by atoms with Gasteiger partial charge in [0.1, 0.15) is 0 Å². The number of aromatic nitrogens is 2. The predicted molar refractivity (Wildman–Crippen MR) is 67.0 cm³/mol. The molecule has 0 saturated heterocycles. The summed E-state index contributed by atoms with van der Waals surface area (Å²) in [6.45, 7) is 4.21. The minimum atomic E-state index is 0.607. The van der Waals surface area contributed by atoms with Gasteiger partial charge in [-0.15, -0.1) is 0 Å². The Bertz CT molecular complexity index is 305. The third-order valence-electron chi connectivity index (χ3n) is 2.28.